The number of nitrogens with two attached hydrogens (primary N) is 1. The smallest absolute Gasteiger partial charge is 0.246 e. The Kier molecular flexibility index (Phi) is 5.78. The topological polar surface area (TPSA) is 64.3 Å². The predicted octanol–water partition coefficient (Wildman–Crippen LogP) is -0.514. The molecule has 0 bridgehead atoms. The zero-order valence-corrected chi connectivity index (χ0v) is 7.09. The number of hydrogen-bond acceptors (Lipinski definition) is 3. The highest BCUT2D eigenvalue weighted by Crippen LogP contribution is 1.85. The Balaban J connectivity index is 3.23. The van der Waals surface area contributed by atoms with E-state index in [2.05, 4.69) is 5.32 Å². The first kappa shape index (κ1) is 10.4. The largest absolute Gasteiger partial charge is 0.369 e. The number of nitrogens with one attached hydrogen (secondary N) is 1. The van der Waals surface area contributed by atoms with Gasteiger partial charge in [-0.15, -0.1) is 0 Å². The van der Waals surface area contributed by atoms with E-state index in [1.807, 2.05) is 13.8 Å². The second kappa shape index (κ2) is 6.12. The molecule has 1 amide bonds. The van der Waals surface area contributed by atoms with Crippen LogP contribution in [0.25, 0.3) is 0 Å². The van der Waals surface area contributed by atoms with E-state index < -0.39 is 0 Å². The highest BCUT2D eigenvalue weighted by Gasteiger charge is 2.00. The first-order valence-electron chi connectivity index (χ1n) is 3.75. The molecule has 4 nitrogen and oxygen atoms in total. The van der Waals surface area contributed by atoms with Crippen LogP contribution in [-0.4, -0.2) is 31.7 Å². The van der Waals surface area contributed by atoms with E-state index in [1.165, 1.54) is 0 Å². The Morgan fingerprint density at radius 1 is 1.64 bits per heavy atom. The lowest BCUT2D eigenvalue weighted by molar-refractivity contribution is -0.127. The van der Waals surface area contributed by atoms with Crippen LogP contribution in [0.15, 0.2) is 0 Å². The van der Waals surface area contributed by atoms with Gasteiger partial charge in [0.25, 0.3) is 0 Å². The van der Waals surface area contributed by atoms with E-state index in [4.69, 9.17) is 10.5 Å². The third-order valence-electron chi connectivity index (χ3n) is 1.01. The number of rotatable bonds is 5. The molecule has 3 N–H and O–H groups in total. The zero-order valence-electron chi connectivity index (χ0n) is 7.09. The van der Waals surface area contributed by atoms with E-state index in [0.29, 0.717) is 13.1 Å². The van der Waals surface area contributed by atoms with E-state index in [1.54, 1.807) is 0 Å². The molecule has 0 aliphatic carbocycles. The molecule has 0 spiro atoms. The molecule has 66 valence electrons. The lowest BCUT2D eigenvalue weighted by Crippen LogP contribution is -2.32. The predicted molar refractivity (Wildman–Crippen MR) is 43.2 cm³/mol. The summed E-state index contributed by atoms with van der Waals surface area (Å²) in [5, 5.41) is 2.60. The Bertz CT molecular complexity index is 115. The molecule has 0 saturated heterocycles. The van der Waals surface area contributed by atoms with Gasteiger partial charge in [-0.05, 0) is 13.8 Å². The fourth-order valence-corrected chi connectivity index (χ4v) is 0.505. The lowest BCUT2D eigenvalue weighted by Gasteiger charge is -2.06. The Morgan fingerprint density at radius 2 is 2.27 bits per heavy atom. The van der Waals surface area contributed by atoms with Crippen molar-refractivity contribution in [2.45, 2.75) is 20.0 Å². The van der Waals surface area contributed by atoms with Crippen LogP contribution in [0.3, 0.4) is 0 Å². The van der Waals surface area contributed by atoms with Crippen molar-refractivity contribution < 1.29 is 9.53 Å². The van der Waals surface area contributed by atoms with Gasteiger partial charge in [0.05, 0.1) is 6.10 Å². The summed E-state index contributed by atoms with van der Waals surface area (Å²) in [4.78, 5) is 10.8. The Morgan fingerprint density at radius 3 is 2.73 bits per heavy atom. The summed E-state index contributed by atoms with van der Waals surface area (Å²) in [5.41, 5.74) is 5.18. The summed E-state index contributed by atoms with van der Waals surface area (Å²) in [5.74, 6) is -0.107. The molecule has 11 heavy (non-hydrogen) atoms. The summed E-state index contributed by atoms with van der Waals surface area (Å²) in [6, 6.07) is 0. The molecule has 0 aliphatic rings. The monoisotopic (exact) mass is 160 g/mol. The summed E-state index contributed by atoms with van der Waals surface area (Å²) in [6.45, 7) is 4.87. The molecule has 0 aromatic carbocycles. The fraction of sp³-hybridized carbons (Fsp3) is 0.857. The summed E-state index contributed by atoms with van der Waals surface area (Å²) in [7, 11) is 0. The van der Waals surface area contributed by atoms with Crippen molar-refractivity contribution in [1.82, 2.24) is 5.32 Å². The van der Waals surface area contributed by atoms with Gasteiger partial charge >= 0.3 is 0 Å². The SMILES string of the molecule is CC(C)OCC(=O)NCCN. The fourth-order valence-electron chi connectivity index (χ4n) is 0.505. The number of ether oxygens (including phenoxy) is 1. The molecule has 0 heterocycles. The van der Waals surface area contributed by atoms with Gasteiger partial charge < -0.3 is 15.8 Å². The Hall–Kier alpha value is -0.610. The first-order chi connectivity index (χ1) is 5.16. The summed E-state index contributed by atoms with van der Waals surface area (Å²) in [6.07, 6.45) is 0.0960. The van der Waals surface area contributed by atoms with Gasteiger partial charge in [0.2, 0.25) is 5.91 Å². The standard InChI is InChI=1S/C7H16N2O2/c1-6(2)11-5-7(10)9-4-3-8/h6H,3-5,8H2,1-2H3,(H,9,10). The summed E-state index contributed by atoms with van der Waals surface area (Å²) >= 11 is 0. The van der Waals surface area contributed by atoms with Crippen molar-refractivity contribution in [3.05, 3.63) is 0 Å². The zero-order chi connectivity index (χ0) is 8.69. The van der Waals surface area contributed by atoms with Crippen molar-refractivity contribution in [1.29, 1.82) is 0 Å². The highest BCUT2D eigenvalue weighted by atomic mass is 16.5. The van der Waals surface area contributed by atoms with Crippen LogP contribution in [-0.2, 0) is 9.53 Å². The third kappa shape index (κ3) is 7.29. The van der Waals surface area contributed by atoms with Gasteiger partial charge in [-0.1, -0.05) is 0 Å². The van der Waals surface area contributed by atoms with Crippen LogP contribution in [0.2, 0.25) is 0 Å². The van der Waals surface area contributed by atoms with Crippen LogP contribution in [0.1, 0.15) is 13.8 Å². The molecule has 0 rings (SSSR count). The maximum Gasteiger partial charge on any atom is 0.246 e. The van der Waals surface area contributed by atoms with Crippen molar-refractivity contribution in [2.75, 3.05) is 19.7 Å². The van der Waals surface area contributed by atoms with Crippen molar-refractivity contribution in [3.8, 4) is 0 Å². The second-order valence-corrected chi connectivity index (χ2v) is 2.50. The van der Waals surface area contributed by atoms with Crippen molar-refractivity contribution >= 4 is 5.91 Å². The number of hydrogen-bond donors (Lipinski definition) is 2. The summed E-state index contributed by atoms with van der Waals surface area (Å²) < 4.78 is 5.05. The lowest BCUT2D eigenvalue weighted by atomic mass is 10.5. The maximum atomic E-state index is 10.8. The van der Waals surface area contributed by atoms with Gasteiger partial charge in [-0.3, -0.25) is 4.79 Å². The molecule has 0 aromatic rings. The van der Waals surface area contributed by atoms with Crippen molar-refractivity contribution in [3.63, 3.8) is 0 Å². The van der Waals surface area contributed by atoms with Gasteiger partial charge in [-0.2, -0.15) is 0 Å². The Labute approximate surface area is 67.1 Å². The molecule has 0 aromatic heterocycles. The number of carbonyl (C=O) groups is 1. The van der Waals surface area contributed by atoms with E-state index in [0.717, 1.165) is 0 Å². The average Bonchev–Trinajstić information content (AvgIpc) is 1.97. The number of amides is 1. The first-order valence-corrected chi connectivity index (χ1v) is 3.75. The highest BCUT2D eigenvalue weighted by molar-refractivity contribution is 5.77. The van der Waals surface area contributed by atoms with Crippen LogP contribution in [0.5, 0.6) is 0 Å². The third-order valence-corrected chi connectivity index (χ3v) is 1.01. The minimum atomic E-state index is -0.107. The van der Waals surface area contributed by atoms with E-state index in [9.17, 15) is 4.79 Å². The van der Waals surface area contributed by atoms with E-state index >= 15 is 0 Å². The van der Waals surface area contributed by atoms with E-state index in [-0.39, 0.29) is 18.6 Å². The molecule has 0 radical (unpaired) electrons. The minimum Gasteiger partial charge on any atom is -0.369 e. The maximum absolute atomic E-state index is 10.8. The average molecular weight is 160 g/mol. The second-order valence-electron chi connectivity index (χ2n) is 2.50. The van der Waals surface area contributed by atoms with Crippen LogP contribution in [0.4, 0.5) is 0 Å². The van der Waals surface area contributed by atoms with Crippen molar-refractivity contribution in [2.24, 2.45) is 5.73 Å². The molecule has 0 atom stereocenters. The normalized spacial score (nSPS) is 10.2. The molecule has 4 heteroatoms. The molecule has 0 unspecified atom stereocenters. The minimum absolute atomic E-state index is 0.0960. The quantitative estimate of drug-likeness (QED) is 0.569. The van der Waals surface area contributed by atoms with Crippen LogP contribution < -0.4 is 11.1 Å². The number of carbonyl (C=O) groups excluding carboxylic acids is 1. The molecule has 0 fully saturated rings. The van der Waals surface area contributed by atoms with Crippen LogP contribution in [0, 0.1) is 0 Å². The van der Waals surface area contributed by atoms with Gasteiger partial charge in [0.15, 0.2) is 0 Å². The molecular formula is C7H16N2O2. The van der Waals surface area contributed by atoms with Crippen LogP contribution >= 0.6 is 0 Å². The van der Waals surface area contributed by atoms with Gasteiger partial charge in [0, 0.05) is 13.1 Å². The molecular weight excluding hydrogens is 144 g/mol. The molecule has 0 aliphatic heterocycles. The van der Waals surface area contributed by atoms with Gasteiger partial charge in [0.1, 0.15) is 6.61 Å². The van der Waals surface area contributed by atoms with Gasteiger partial charge in [-0.25, -0.2) is 0 Å². The molecule has 0 saturated carbocycles.